The van der Waals surface area contributed by atoms with Crippen molar-refractivity contribution in [2.75, 3.05) is 57.6 Å². The second-order valence-electron chi connectivity index (χ2n) is 10.9. The summed E-state index contributed by atoms with van der Waals surface area (Å²) >= 11 is 0. The van der Waals surface area contributed by atoms with Gasteiger partial charge in [-0.25, -0.2) is 0 Å². The van der Waals surface area contributed by atoms with Crippen molar-refractivity contribution in [2.45, 2.75) is 50.5 Å². The summed E-state index contributed by atoms with van der Waals surface area (Å²) in [4.78, 5) is 14.4. The van der Waals surface area contributed by atoms with Gasteiger partial charge in [0.05, 0.1) is 43.8 Å². The van der Waals surface area contributed by atoms with Crippen LogP contribution in [-0.2, 0) is 11.3 Å². The zero-order chi connectivity index (χ0) is 30.4. The van der Waals surface area contributed by atoms with E-state index < -0.39 is 12.7 Å². The highest BCUT2D eigenvalue weighted by molar-refractivity contribution is 5.95. The molecule has 2 aliphatic rings. The molecule has 230 valence electrons. The Balaban J connectivity index is 1.32. The highest BCUT2D eigenvalue weighted by Crippen LogP contribution is 2.33. The average Bonchev–Trinajstić information content (AvgIpc) is 3.36. The summed E-state index contributed by atoms with van der Waals surface area (Å²) in [5.41, 5.74) is 2.68. The van der Waals surface area contributed by atoms with E-state index in [-0.39, 0.29) is 18.5 Å². The molecule has 2 heterocycles. The van der Waals surface area contributed by atoms with Gasteiger partial charge in [-0.15, -0.1) is 0 Å². The molecular formula is C32H38F3N5O3. The number of morpholine rings is 1. The first-order chi connectivity index (χ1) is 20.8. The van der Waals surface area contributed by atoms with Crippen LogP contribution in [0.2, 0.25) is 0 Å². The molecule has 8 nitrogen and oxygen atoms in total. The summed E-state index contributed by atoms with van der Waals surface area (Å²) in [5.74, 6) is 6.13. The van der Waals surface area contributed by atoms with E-state index in [9.17, 15) is 18.0 Å². The minimum Gasteiger partial charge on any atom is -0.495 e. The molecule has 1 aromatic heterocycles. The molecule has 43 heavy (non-hydrogen) atoms. The number of anilines is 2. The molecule has 1 saturated carbocycles. The van der Waals surface area contributed by atoms with Gasteiger partial charge in [0, 0.05) is 48.9 Å². The molecule has 1 saturated heterocycles. The van der Waals surface area contributed by atoms with Crippen LogP contribution in [-0.4, -0.2) is 80.6 Å². The van der Waals surface area contributed by atoms with Gasteiger partial charge in [0.25, 0.3) is 5.91 Å². The number of benzene rings is 2. The second kappa shape index (κ2) is 13.6. The van der Waals surface area contributed by atoms with E-state index in [2.05, 4.69) is 32.7 Å². The van der Waals surface area contributed by atoms with Crippen LogP contribution >= 0.6 is 0 Å². The SMILES string of the molecule is CNC(=O)c1ccc(NCC#Cc2cc3c(NC4CCC(N5CCOCC5)CC4)cccc3n2CC(F)(F)F)c(OC)c1. The Bertz CT molecular complexity index is 1480. The number of hydrogen-bond donors (Lipinski definition) is 3. The van der Waals surface area contributed by atoms with Crippen molar-refractivity contribution in [3.8, 4) is 17.6 Å². The molecule has 1 amide bonds. The maximum Gasteiger partial charge on any atom is 0.406 e. The van der Waals surface area contributed by atoms with Gasteiger partial charge in [-0.3, -0.25) is 9.69 Å². The van der Waals surface area contributed by atoms with Crippen molar-refractivity contribution < 1.29 is 27.4 Å². The molecule has 2 aromatic carbocycles. The predicted octanol–water partition coefficient (Wildman–Crippen LogP) is 5.09. The molecule has 3 N–H and O–H groups in total. The zero-order valence-electron chi connectivity index (χ0n) is 24.5. The molecule has 5 rings (SSSR count). The number of aromatic nitrogens is 1. The highest BCUT2D eigenvalue weighted by atomic mass is 19.4. The van der Waals surface area contributed by atoms with E-state index in [0.717, 1.165) is 63.1 Å². The predicted molar refractivity (Wildman–Crippen MR) is 162 cm³/mol. The molecule has 0 spiro atoms. The number of hydrogen-bond acceptors (Lipinski definition) is 6. The fraction of sp³-hybridized carbons (Fsp3) is 0.469. The average molecular weight is 598 g/mol. The van der Waals surface area contributed by atoms with Gasteiger partial charge >= 0.3 is 6.18 Å². The van der Waals surface area contributed by atoms with Crippen molar-refractivity contribution in [3.63, 3.8) is 0 Å². The van der Waals surface area contributed by atoms with Crippen LogP contribution in [0.4, 0.5) is 24.5 Å². The van der Waals surface area contributed by atoms with E-state index in [0.29, 0.717) is 34.3 Å². The number of nitrogens with zero attached hydrogens (tertiary/aromatic N) is 2. The number of carbonyl (C=O) groups is 1. The number of nitrogens with one attached hydrogen (secondary N) is 3. The van der Waals surface area contributed by atoms with E-state index in [1.807, 2.05) is 6.07 Å². The monoisotopic (exact) mass is 597 g/mol. The number of alkyl halides is 3. The van der Waals surface area contributed by atoms with E-state index in [1.54, 1.807) is 43.4 Å². The molecular weight excluding hydrogens is 559 g/mol. The van der Waals surface area contributed by atoms with Crippen LogP contribution < -0.4 is 20.7 Å². The maximum absolute atomic E-state index is 13.6. The van der Waals surface area contributed by atoms with Gasteiger partial charge in [0.2, 0.25) is 0 Å². The van der Waals surface area contributed by atoms with E-state index >= 15 is 0 Å². The lowest BCUT2D eigenvalue weighted by Gasteiger charge is -2.39. The Morgan fingerprint density at radius 3 is 2.53 bits per heavy atom. The highest BCUT2D eigenvalue weighted by Gasteiger charge is 2.31. The minimum atomic E-state index is -4.40. The fourth-order valence-corrected chi connectivity index (χ4v) is 6.01. The van der Waals surface area contributed by atoms with Crippen LogP contribution in [0.3, 0.4) is 0 Å². The Morgan fingerprint density at radius 1 is 1.07 bits per heavy atom. The van der Waals surface area contributed by atoms with Gasteiger partial charge in [-0.1, -0.05) is 12.0 Å². The van der Waals surface area contributed by atoms with Crippen LogP contribution in [0, 0.1) is 11.8 Å². The third-order valence-electron chi connectivity index (χ3n) is 8.18. The third kappa shape index (κ3) is 7.56. The van der Waals surface area contributed by atoms with Crippen molar-refractivity contribution in [1.82, 2.24) is 14.8 Å². The largest absolute Gasteiger partial charge is 0.495 e. The Labute approximate surface area is 249 Å². The third-order valence-corrected chi connectivity index (χ3v) is 8.18. The summed E-state index contributed by atoms with van der Waals surface area (Å²) in [6.45, 7) is 2.57. The topological polar surface area (TPSA) is 79.8 Å². The first kappa shape index (κ1) is 30.6. The zero-order valence-corrected chi connectivity index (χ0v) is 24.5. The fourth-order valence-electron chi connectivity index (χ4n) is 6.01. The smallest absolute Gasteiger partial charge is 0.406 e. The Morgan fingerprint density at radius 2 is 1.84 bits per heavy atom. The summed E-state index contributed by atoms with van der Waals surface area (Å²) in [6.07, 6.45) is -0.208. The van der Waals surface area contributed by atoms with E-state index in [1.165, 1.54) is 11.7 Å². The van der Waals surface area contributed by atoms with Gasteiger partial charge in [0.1, 0.15) is 12.3 Å². The lowest BCUT2D eigenvalue weighted by molar-refractivity contribution is -0.140. The number of carbonyl (C=O) groups excluding carboxylic acids is 1. The summed E-state index contributed by atoms with van der Waals surface area (Å²) in [7, 11) is 3.04. The summed E-state index contributed by atoms with van der Waals surface area (Å²) in [5, 5.41) is 10.0. The lowest BCUT2D eigenvalue weighted by Crippen LogP contribution is -2.46. The minimum absolute atomic E-state index is 0.167. The standard InChI is InChI=1S/C32H38F3N5O3/c1-36-31(41)22-8-13-28(30(19-22)42-2)37-14-4-5-25-20-26-27(6-3-7-29(26)40(25)21-32(33,34)35)38-23-9-11-24(12-10-23)39-15-17-43-18-16-39/h3,6-8,13,19-20,23-24,37-38H,9-12,14-18,21H2,1-2H3,(H,36,41). The van der Waals surface area contributed by atoms with Crippen LogP contribution in [0.15, 0.2) is 42.5 Å². The summed E-state index contributed by atoms with van der Waals surface area (Å²) < 4.78 is 53.1. The second-order valence-corrected chi connectivity index (χ2v) is 10.9. The van der Waals surface area contributed by atoms with Gasteiger partial charge < -0.3 is 30.0 Å². The van der Waals surface area contributed by atoms with Gasteiger partial charge in [-0.05, 0) is 68.0 Å². The van der Waals surface area contributed by atoms with Crippen molar-refractivity contribution >= 4 is 28.2 Å². The van der Waals surface area contributed by atoms with E-state index in [4.69, 9.17) is 9.47 Å². The first-order valence-electron chi connectivity index (χ1n) is 14.7. The Kier molecular flexibility index (Phi) is 9.68. The van der Waals surface area contributed by atoms with Crippen molar-refractivity contribution in [2.24, 2.45) is 0 Å². The van der Waals surface area contributed by atoms with Crippen LogP contribution in [0.5, 0.6) is 5.75 Å². The maximum atomic E-state index is 13.6. The molecule has 11 heteroatoms. The lowest BCUT2D eigenvalue weighted by atomic mass is 9.89. The Hall–Kier alpha value is -3.88. The molecule has 2 fully saturated rings. The molecule has 1 aliphatic heterocycles. The number of amides is 1. The molecule has 0 atom stereocenters. The molecule has 0 bridgehead atoms. The quantitative estimate of drug-likeness (QED) is 0.314. The molecule has 0 unspecified atom stereocenters. The van der Waals surface area contributed by atoms with Crippen molar-refractivity contribution in [1.29, 1.82) is 0 Å². The molecule has 1 aliphatic carbocycles. The number of rotatable bonds is 8. The van der Waals surface area contributed by atoms with Crippen LogP contribution in [0.1, 0.15) is 41.7 Å². The first-order valence-corrected chi connectivity index (χ1v) is 14.7. The van der Waals surface area contributed by atoms with Gasteiger partial charge in [0.15, 0.2) is 0 Å². The number of halogens is 3. The number of fused-ring (bicyclic) bond motifs is 1. The molecule has 3 aromatic rings. The molecule has 0 radical (unpaired) electrons. The number of methoxy groups -OCH3 is 1. The van der Waals surface area contributed by atoms with Gasteiger partial charge in [-0.2, -0.15) is 13.2 Å². The van der Waals surface area contributed by atoms with Crippen LogP contribution in [0.25, 0.3) is 10.9 Å². The summed E-state index contributed by atoms with van der Waals surface area (Å²) in [6, 6.07) is 13.0. The normalized spacial score (nSPS) is 19.4. The number of ether oxygens (including phenoxy) is 2. The van der Waals surface area contributed by atoms with Crippen molar-refractivity contribution in [3.05, 3.63) is 53.7 Å².